The number of benzene rings is 6. The van der Waals surface area contributed by atoms with Crippen LogP contribution < -0.4 is 26.2 Å². The summed E-state index contributed by atoms with van der Waals surface area (Å²) in [6.07, 6.45) is 0. The molecule has 0 fully saturated rings. The SMILES string of the molecule is Cc1cc(N2c3cccc4c3B(c3cc5c(cc3N4c3ccc(C)c(F)c3)oc3ccccc35)c3c2oc2ccccc32)ccc1F. The van der Waals surface area contributed by atoms with Gasteiger partial charge in [-0.3, -0.25) is 4.90 Å². The standard InChI is InChI=1S/C40H25BF2N2O2/c1-22-14-15-25(19-31(22)43)44-32-10-7-11-33-39(32)41(29-20-28-26-8-3-5-12-35(26)46-37(28)21-34(29)44)38-27-9-4-6-13-36(27)47-40(38)45(33)24-16-17-30(42)23(2)18-24/h3-21H,1-2H3. The minimum atomic E-state index is -0.271. The second kappa shape index (κ2) is 9.36. The van der Waals surface area contributed by atoms with E-state index in [4.69, 9.17) is 8.83 Å². The second-order valence-electron chi connectivity index (χ2n) is 12.5. The third-order valence-electron chi connectivity index (χ3n) is 9.83. The van der Waals surface area contributed by atoms with Crippen molar-refractivity contribution in [2.45, 2.75) is 13.8 Å². The molecule has 0 spiro atoms. The molecule has 0 N–H and O–H groups in total. The topological polar surface area (TPSA) is 32.8 Å². The number of furan rings is 2. The lowest BCUT2D eigenvalue weighted by Gasteiger charge is -2.42. The van der Waals surface area contributed by atoms with Crippen LogP contribution in [0.3, 0.4) is 0 Å². The maximum absolute atomic E-state index is 15.3. The average molecular weight is 614 g/mol. The summed E-state index contributed by atoms with van der Waals surface area (Å²) in [5.74, 6) is 0.165. The molecule has 6 aromatic carbocycles. The van der Waals surface area contributed by atoms with Gasteiger partial charge in [-0.15, -0.1) is 0 Å². The van der Waals surface area contributed by atoms with Crippen molar-refractivity contribution in [3.63, 3.8) is 0 Å². The first kappa shape index (κ1) is 26.4. The third kappa shape index (κ3) is 3.57. The van der Waals surface area contributed by atoms with Gasteiger partial charge in [-0.25, -0.2) is 8.78 Å². The molecule has 0 bridgehead atoms. The molecule has 4 nitrogen and oxygen atoms in total. The molecule has 2 aliphatic rings. The fraction of sp³-hybridized carbons (Fsp3) is 0.0500. The Kier molecular flexibility index (Phi) is 5.26. The summed E-state index contributed by atoms with van der Waals surface area (Å²) in [6.45, 7) is 3.34. The largest absolute Gasteiger partial charge is 0.456 e. The van der Waals surface area contributed by atoms with E-state index < -0.39 is 0 Å². The smallest absolute Gasteiger partial charge is 0.257 e. The maximum Gasteiger partial charge on any atom is 0.257 e. The van der Waals surface area contributed by atoms with Gasteiger partial charge in [-0.2, -0.15) is 0 Å². The van der Waals surface area contributed by atoms with Crippen LogP contribution in [0.4, 0.5) is 43.1 Å². The predicted octanol–water partition coefficient (Wildman–Crippen LogP) is 9.31. The van der Waals surface area contributed by atoms with Crippen LogP contribution in [0.2, 0.25) is 0 Å². The summed E-state index contributed by atoms with van der Waals surface area (Å²) in [6, 6.07) is 37.3. The lowest BCUT2D eigenvalue weighted by atomic mass is 9.33. The number of nitrogens with zero attached hydrogens (tertiary/aromatic N) is 2. The number of aryl methyl sites for hydroxylation is 2. The van der Waals surface area contributed by atoms with E-state index in [1.54, 1.807) is 26.0 Å². The van der Waals surface area contributed by atoms with Crippen molar-refractivity contribution in [2.75, 3.05) is 9.80 Å². The molecule has 47 heavy (non-hydrogen) atoms. The lowest BCUT2D eigenvalue weighted by Crippen LogP contribution is -2.61. The van der Waals surface area contributed by atoms with Crippen molar-refractivity contribution in [1.29, 1.82) is 0 Å². The fourth-order valence-corrected chi connectivity index (χ4v) is 7.64. The highest BCUT2D eigenvalue weighted by atomic mass is 19.1. The minimum Gasteiger partial charge on any atom is -0.456 e. The molecular formula is C40H25BF2N2O2. The number of rotatable bonds is 2. The Morgan fingerprint density at radius 3 is 2.00 bits per heavy atom. The van der Waals surface area contributed by atoms with Gasteiger partial charge in [0.1, 0.15) is 28.4 Å². The number of halogens is 2. The van der Waals surface area contributed by atoms with E-state index in [9.17, 15) is 4.39 Å². The van der Waals surface area contributed by atoms with Gasteiger partial charge in [0.15, 0.2) is 0 Å². The fourth-order valence-electron chi connectivity index (χ4n) is 7.64. The number of para-hydroxylation sites is 2. The van der Waals surface area contributed by atoms with Gasteiger partial charge in [0, 0.05) is 56.1 Å². The van der Waals surface area contributed by atoms with Gasteiger partial charge >= 0.3 is 0 Å². The van der Waals surface area contributed by atoms with Gasteiger partial charge in [0.2, 0.25) is 5.88 Å². The number of anilines is 6. The highest BCUT2D eigenvalue weighted by Crippen LogP contribution is 2.47. The molecular weight excluding hydrogens is 589 g/mol. The Bertz CT molecular complexity index is 2620. The van der Waals surface area contributed by atoms with Crippen LogP contribution in [0, 0.1) is 25.5 Å². The van der Waals surface area contributed by atoms with Crippen molar-refractivity contribution < 1.29 is 17.6 Å². The van der Waals surface area contributed by atoms with E-state index in [2.05, 4.69) is 46.2 Å². The molecule has 2 aliphatic heterocycles. The molecule has 4 heterocycles. The van der Waals surface area contributed by atoms with Crippen LogP contribution in [0.25, 0.3) is 32.9 Å². The summed E-state index contributed by atoms with van der Waals surface area (Å²) in [5, 5.41) is 3.06. The monoisotopic (exact) mass is 614 g/mol. The molecule has 0 saturated carbocycles. The highest BCUT2D eigenvalue weighted by Gasteiger charge is 2.46. The Balaban J connectivity index is 1.36. The van der Waals surface area contributed by atoms with E-state index in [1.807, 2.05) is 60.7 Å². The summed E-state index contributed by atoms with van der Waals surface area (Å²) in [4.78, 5) is 4.24. The molecule has 0 unspecified atom stereocenters. The first-order chi connectivity index (χ1) is 23.0. The predicted molar refractivity (Wildman–Crippen MR) is 187 cm³/mol. The number of hydrogen-bond acceptors (Lipinski definition) is 4. The zero-order valence-corrected chi connectivity index (χ0v) is 25.5. The van der Waals surface area contributed by atoms with Crippen LogP contribution in [-0.4, -0.2) is 6.71 Å². The summed E-state index contributed by atoms with van der Waals surface area (Å²) < 4.78 is 43.0. The minimum absolute atomic E-state index is 0.211. The highest BCUT2D eigenvalue weighted by molar-refractivity contribution is 7.01. The van der Waals surface area contributed by atoms with Gasteiger partial charge in [0.25, 0.3) is 6.71 Å². The molecule has 0 aliphatic carbocycles. The average Bonchev–Trinajstić information content (AvgIpc) is 3.65. The number of fused-ring (bicyclic) bond motifs is 9. The molecule has 0 atom stereocenters. The quantitative estimate of drug-likeness (QED) is 0.182. The van der Waals surface area contributed by atoms with Crippen molar-refractivity contribution in [3.8, 4) is 0 Å². The van der Waals surface area contributed by atoms with Crippen LogP contribution in [0.5, 0.6) is 0 Å². The normalized spacial score (nSPS) is 13.4. The molecule has 224 valence electrons. The van der Waals surface area contributed by atoms with Gasteiger partial charge in [-0.1, -0.05) is 54.6 Å². The molecule has 7 heteroatoms. The molecule has 10 rings (SSSR count). The zero-order valence-electron chi connectivity index (χ0n) is 25.5. The molecule has 2 aromatic heterocycles. The third-order valence-corrected chi connectivity index (χ3v) is 9.83. The van der Waals surface area contributed by atoms with Crippen LogP contribution >= 0.6 is 0 Å². The summed E-state index contributed by atoms with van der Waals surface area (Å²) in [5.41, 5.74) is 10.9. The Labute approximate surface area is 269 Å². The van der Waals surface area contributed by atoms with E-state index >= 15 is 4.39 Å². The molecule has 0 radical (unpaired) electrons. The summed E-state index contributed by atoms with van der Waals surface area (Å²) >= 11 is 0. The number of hydrogen-bond donors (Lipinski definition) is 0. The Morgan fingerprint density at radius 1 is 0.511 bits per heavy atom. The van der Waals surface area contributed by atoms with Crippen LogP contribution in [0.15, 0.2) is 124 Å². The summed E-state index contributed by atoms with van der Waals surface area (Å²) in [7, 11) is 0. The molecule has 8 aromatic rings. The van der Waals surface area contributed by atoms with E-state index in [-0.39, 0.29) is 18.3 Å². The van der Waals surface area contributed by atoms with Crippen molar-refractivity contribution >= 4 is 90.3 Å². The van der Waals surface area contributed by atoms with Crippen LogP contribution in [0.1, 0.15) is 11.1 Å². The first-order valence-corrected chi connectivity index (χ1v) is 15.7. The first-order valence-electron chi connectivity index (χ1n) is 15.7. The van der Waals surface area contributed by atoms with E-state index in [0.717, 1.165) is 72.0 Å². The van der Waals surface area contributed by atoms with Gasteiger partial charge < -0.3 is 13.7 Å². The molecule has 0 saturated heterocycles. The lowest BCUT2D eigenvalue weighted by molar-refractivity contribution is 0.615. The van der Waals surface area contributed by atoms with Crippen molar-refractivity contribution in [2.24, 2.45) is 0 Å². The van der Waals surface area contributed by atoms with E-state index in [0.29, 0.717) is 22.7 Å². The van der Waals surface area contributed by atoms with Gasteiger partial charge in [-0.05, 0) is 90.5 Å². The van der Waals surface area contributed by atoms with E-state index in [1.165, 1.54) is 6.07 Å². The molecule has 0 amide bonds. The van der Waals surface area contributed by atoms with Gasteiger partial charge in [0.05, 0.1) is 0 Å². The van der Waals surface area contributed by atoms with Crippen molar-refractivity contribution in [1.82, 2.24) is 0 Å². The second-order valence-corrected chi connectivity index (χ2v) is 12.5. The zero-order chi connectivity index (χ0) is 31.6. The Hall–Kier alpha value is -5.82. The maximum atomic E-state index is 15.3. The Morgan fingerprint density at radius 2 is 1.21 bits per heavy atom. The van der Waals surface area contributed by atoms with Crippen molar-refractivity contribution in [3.05, 3.63) is 138 Å². The van der Waals surface area contributed by atoms with Crippen LogP contribution in [-0.2, 0) is 0 Å².